The lowest BCUT2D eigenvalue weighted by atomic mass is 9.97. The van der Waals surface area contributed by atoms with E-state index in [0.29, 0.717) is 16.6 Å². The molecule has 11 nitrogen and oxygen atoms in total. The third-order valence-corrected chi connectivity index (χ3v) is 6.67. The molecule has 236 valence electrons. The molecule has 1 aliphatic rings. The Morgan fingerprint density at radius 2 is 1.45 bits per heavy atom. The zero-order valence-corrected chi connectivity index (χ0v) is 24.2. The molecule has 1 aliphatic heterocycles. The molecule has 0 bridgehead atoms. The highest BCUT2D eigenvalue weighted by Gasteiger charge is 2.53. The maximum atomic E-state index is 15.4. The van der Waals surface area contributed by atoms with E-state index in [9.17, 15) is 28.0 Å². The zero-order chi connectivity index (χ0) is 32.1. The molecule has 0 N–H and O–H groups in total. The fraction of sp³-hybridized carbons (Fsp3) is 0.400. The number of alkyl halides is 2. The summed E-state index contributed by atoms with van der Waals surface area (Å²) in [5.74, 6) is -3.65. The maximum absolute atomic E-state index is 15.4. The van der Waals surface area contributed by atoms with Crippen molar-refractivity contribution in [3.8, 4) is 5.75 Å². The average molecular weight is 622 g/mol. The number of benzene rings is 2. The predicted octanol–water partition coefficient (Wildman–Crippen LogP) is 4.23. The van der Waals surface area contributed by atoms with Crippen LogP contribution < -0.4 is 4.74 Å². The number of hydrogen-bond acceptors (Lipinski definition) is 10. The van der Waals surface area contributed by atoms with E-state index >= 15 is 4.39 Å². The van der Waals surface area contributed by atoms with E-state index < -0.39 is 73.6 Å². The predicted molar refractivity (Wildman–Crippen MR) is 145 cm³/mol. The number of hydrogen-bond donors (Lipinski definition) is 0. The summed E-state index contributed by atoms with van der Waals surface area (Å²) in [4.78, 5) is 48.2. The Morgan fingerprint density at radius 3 is 2.05 bits per heavy atom. The maximum Gasteiger partial charge on any atom is 0.387 e. The van der Waals surface area contributed by atoms with Crippen LogP contribution in [0.5, 0.6) is 5.75 Å². The summed E-state index contributed by atoms with van der Waals surface area (Å²) in [5.41, 5.74) is 1.39. The lowest BCUT2D eigenvalue weighted by molar-refractivity contribution is -0.267. The number of rotatable bonds is 10. The molecule has 0 aliphatic carbocycles. The summed E-state index contributed by atoms with van der Waals surface area (Å²) >= 11 is 0. The Hall–Kier alpha value is -4.59. The van der Waals surface area contributed by atoms with Crippen molar-refractivity contribution >= 4 is 34.8 Å². The van der Waals surface area contributed by atoms with Gasteiger partial charge in [0, 0.05) is 39.3 Å². The molecule has 0 amide bonds. The molecular weight excluding hydrogens is 591 g/mol. The monoisotopic (exact) mass is 621 g/mol. The molecular formula is C30H30F3NO10. The highest BCUT2D eigenvalue weighted by Crippen LogP contribution is 2.38. The third kappa shape index (κ3) is 7.67. The van der Waals surface area contributed by atoms with Gasteiger partial charge in [-0.3, -0.25) is 19.2 Å². The molecule has 14 heteroatoms. The van der Waals surface area contributed by atoms with Crippen LogP contribution in [-0.2, 0) is 49.3 Å². The van der Waals surface area contributed by atoms with Crippen molar-refractivity contribution in [3.05, 3.63) is 65.6 Å². The summed E-state index contributed by atoms with van der Waals surface area (Å²) in [6.45, 7) is 1.08. The number of aromatic nitrogens is 1. The molecule has 0 saturated carbocycles. The van der Waals surface area contributed by atoms with Crippen molar-refractivity contribution in [3.63, 3.8) is 0 Å². The van der Waals surface area contributed by atoms with Crippen LogP contribution in [0.3, 0.4) is 0 Å². The Morgan fingerprint density at radius 1 is 0.841 bits per heavy atom. The van der Waals surface area contributed by atoms with Gasteiger partial charge in [0.15, 0.2) is 24.5 Å². The fourth-order valence-electron chi connectivity index (χ4n) is 5.13. The number of nitrogens with zero attached hydrogens (tertiary/aromatic N) is 1. The van der Waals surface area contributed by atoms with Crippen molar-refractivity contribution < 1.29 is 60.8 Å². The van der Waals surface area contributed by atoms with Gasteiger partial charge in [-0.2, -0.15) is 8.78 Å². The van der Waals surface area contributed by atoms with Gasteiger partial charge >= 0.3 is 30.5 Å². The van der Waals surface area contributed by atoms with Crippen LogP contribution in [0.1, 0.15) is 45.0 Å². The van der Waals surface area contributed by atoms with Crippen molar-refractivity contribution in [2.24, 2.45) is 0 Å². The van der Waals surface area contributed by atoms with E-state index in [-0.39, 0.29) is 17.6 Å². The Balaban J connectivity index is 1.83. The van der Waals surface area contributed by atoms with Gasteiger partial charge in [0.1, 0.15) is 24.3 Å². The first-order chi connectivity index (χ1) is 20.8. The molecule has 0 unspecified atom stereocenters. The Kier molecular flexibility index (Phi) is 10.1. The molecule has 2 aromatic carbocycles. The summed E-state index contributed by atoms with van der Waals surface area (Å²) < 4.78 is 74.3. The minimum absolute atomic E-state index is 0.0464. The van der Waals surface area contributed by atoms with Crippen molar-refractivity contribution in [2.75, 3.05) is 6.61 Å². The van der Waals surface area contributed by atoms with Crippen LogP contribution >= 0.6 is 0 Å². The first-order valence-corrected chi connectivity index (χ1v) is 13.5. The van der Waals surface area contributed by atoms with Crippen LogP contribution in [0.2, 0.25) is 0 Å². The van der Waals surface area contributed by atoms with Crippen LogP contribution in [0.4, 0.5) is 13.2 Å². The normalized spacial score (nSPS) is 21.5. The molecule has 1 aromatic heterocycles. The quantitative estimate of drug-likeness (QED) is 0.240. The molecule has 44 heavy (non-hydrogen) atoms. The lowest BCUT2D eigenvalue weighted by Gasteiger charge is -2.44. The first-order valence-electron chi connectivity index (χ1n) is 13.5. The Bertz CT molecular complexity index is 1520. The number of ether oxygens (including phenoxy) is 6. The number of halogens is 3. The molecule has 1 saturated heterocycles. The topological polar surface area (TPSA) is 129 Å². The van der Waals surface area contributed by atoms with E-state index in [4.69, 9.17) is 23.7 Å². The van der Waals surface area contributed by atoms with E-state index in [1.807, 2.05) is 0 Å². The molecule has 1 fully saturated rings. The number of esters is 4. The second kappa shape index (κ2) is 13.8. The largest absolute Gasteiger partial charge is 0.463 e. The minimum Gasteiger partial charge on any atom is -0.463 e. The van der Waals surface area contributed by atoms with Gasteiger partial charge in [-0.15, -0.1) is 0 Å². The summed E-state index contributed by atoms with van der Waals surface area (Å²) in [7, 11) is 0. The second-order valence-electron chi connectivity index (χ2n) is 9.98. The van der Waals surface area contributed by atoms with Gasteiger partial charge in [0.05, 0.1) is 5.52 Å². The minimum atomic E-state index is -2.99. The van der Waals surface area contributed by atoms with E-state index in [0.717, 1.165) is 27.7 Å². The summed E-state index contributed by atoms with van der Waals surface area (Å²) in [6, 6.07) is 10.1. The number of carbonyl (C=O) groups is 4. The zero-order valence-electron chi connectivity index (χ0n) is 24.2. The standard InChI is InChI=1S/C30H30F3NO10/c1-15(35)39-14-24-26(40-16(2)36)27(41-17(3)37)28(42-18(4)38)29(44-24)34-13-20(25-22(31)6-5-7-23(25)34)12-19-8-10-21(11-9-19)43-30(32)33/h5-11,13,24,26-30H,12,14H2,1-4H3/t24-,26-,27+,28-,29-/m1/s1. The van der Waals surface area contributed by atoms with Crippen molar-refractivity contribution in [1.29, 1.82) is 0 Å². The average Bonchev–Trinajstić information content (AvgIpc) is 3.29. The summed E-state index contributed by atoms with van der Waals surface area (Å²) in [6.07, 6.45) is -4.99. The lowest BCUT2D eigenvalue weighted by Crippen LogP contribution is -2.60. The van der Waals surface area contributed by atoms with Gasteiger partial charge in [0.2, 0.25) is 0 Å². The van der Waals surface area contributed by atoms with Gasteiger partial charge in [-0.05, 0) is 41.8 Å². The van der Waals surface area contributed by atoms with E-state index in [1.54, 1.807) is 24.4 Å². The van der Waals surface area contributed by atoms with Gasteiger partial charge < -0.3 is 33.0 Å². The van der Waals surface area contributed by atoms with Crippen molar-refractivity contribution in [1.82, 2.24) is 4.57 Å². The van der Waals surface area contributed by atoms with Crippen LogP contribution in [0.25, 0.3) is 10.9 Å². The SMILES string of the molecule is CC(=O)OC[C@H]1O[C@@H](n2cc(Cc3ccc(OC(F)F)cc3)c3c(F)cccc32)[C@H](OC(C)=O)[C@@H](OC(C)=O)[C@@H]1OC(C)=O. The van der Waals surface area contributed by atoms with Crippen LogP contribution in [-0.4, -0.2) is 66.1 Å². The third-order valence-electron chi connectivity index (χ3n) is 6.67. The van der Waals surface area contributed by atoms with Crippen molar-refractivity contribution in [2.45, 2.75) is 71.4 Å². The van der Waals surface area contributed by atoms with Crippen LogP contribution in [0.15, 0.2) is 48.7 Å². The Labute approximate surface area is 249 Å². The second-order valence-corrected chi connectivity index (χ2v) is 9.98. The molecule has 3 aromatic rings. The van der Waals surface area contributed by atoms with Gasteiger partial charge in [-0.25, -0.2) is 4.39 Å². The van der Waals surface area contributed by atoms with Gasteiger partial charge in [0.25, 0.3) is 0 Å². The van der Waals surface area contributed by atoms with Gasteiger partial charge in [-0.1, -0.05) is 18.2 Å². The fourth-order valence-corrected chi connectivity index (χ4v) is 5.13. The van der Waals surface area contributed by atoms with E-state index in [2.05, 4.69) is 4.74 Å². The molecule has 5 atom stereocenters. The molecule has 2 heterocycles. The molecule has 0 spiro atoms. The van der Waals surface area contributed by atoms with Crippen LogP contribution in [0, 0.1) is 5.82 Å². The molecule has 4 rings (SSSR count). The number of carbonyl (C=O) groups excluding carboxylic acids is 4. The highest BCUT2D eigenvalue weighted by molar-refractivity contribution is 5.85. The molecule has 0 radical (unpaired) electrons. The smallest absolute Gasteiger partial charge is 0.387 e. The highest BCUT2D eigenvalue weighted by atomic mass is 19.3. The number of fused-ring (bicyclic) bond motifs is 1. The first kappa shape index (κ1) is 32.3. The van der Waals surface area contributed by atoms with E-state index in [1.165, 1.54) is 28.8 Å². The summed E-state index contributed by atoms with van der Waals surface area (Å²) in [5, 5.41) is 0.188.